The second-order valence-electron chi connectivity index (χ2n) is 7.19. The molecular weight excluding hydrogens is 354 g/mol. The molecule has 6 heteroatoms. The third-order valence-corrected chi connectivity index (χ3v) is 5.29. The Morgan fingerprint density at radius 1 is 1.04 bits per heavy atom. The van der Waals surface area contributed by atoms with Crippen LogP contribution in [-0.2, 0) is 11.3 Å². The standard InChI is InChI=1S/C22H29N3O3/c1-23(16-18-9-10-20(27-2)21(15-18)28-3)22(26)17-24-11-13-25(14-12-24)19-7-5-4-6-8-19/h4-10,15H,11-14,16-17H2,1-3H3/p+1. The number of nitrogens with zero attached hydrogens (tertiary/aromatic N) is 2. The average Bonchev–Trinajstić information content (AvgIpc) is 2.74. The predicted octanol–water partition coefficient (Wildman–Crippen LogP) is 1.07. The summed E-state index contributed by atoms with van der Waals surface area (Å²) in [6, 6.07) is 16.2. The summed E-state index contributed by atoms with van der Waals surface area (Å²) in [7, 11) is 5.10. The fourth-order valence-corrected chi connectivity index (χ4v) is 3.59. The molecule has 1 fully saturated rings. The van der Waals surface area contributed by atoms with E-state index in [9.17, 15) is 4.79 Å². The van der Waals surface area contributed by atoms with Gasteiger partial charge in [0, 0.05) is 19.3 Å². The lowest BCUT2D eigenvalue weighted by Crippen LogP contribution is -3.15. The summed E-state index contributed by atoms with van der Waals surface area (Å²) in [5.41, 5.74) is 2.29. The van der Waals surface area contributed by atoms with Crippen molar-refractivity contribution in [1.29, 1.82) is 0 Å². The summed E-state index contributed by atoms with van der Waals surface area (Å²) in [4.78, 5) is 18.2. The number of para-hydroxylation sites is 1. The smallest absolute Gasteiger partial charge is 0.277 e. The first kappa shape index (κ1) is 20.0. The molecule has 0 spiro atoms. The number of quaternary nitrogens is 1. The summed E-state index contributed by atoms with van der Waals surface area (Å²) in [6.07, 6.45) is 0. The topological polar surface area (TPSA) is 46.5 Å². The average molecular weight is 385 g/mol. The molecule has 1 saturated heterocycles. The van der Waals surface area contributed by atoms with Gasteiger partial charge in [0.15, 0.2) is 18.0 Å². The number of hydrogen-bond donors (Lipinski definition) is 1. The van der Waals surface area contributed by atoms with E-state index in [4.69, 9.17) is 9.47 Å². The summed E-state index contributed by atoms with van der Waals surface area (Å²) in [5.74, 6) is 1.54. The summed E-state index contributed by atoms with van der Waals surface area (Å²) >= 11 is 0. The molecular formula is C22H30N3O3+. The number of carbonyl (C=O) groups excluding carboxylic acids is 1. The van der Waals surface area contributed by atoms with Gasteiger partial charge in [0.05, 0.1) is 40.4 Å². The quantitative estimate of drug-likeness (QED) is 0.776. The second kappa shape index (κ2) is 9.46. The van der Waals surface area contributed by atoms with Gasteiger partial charge in [0.1, 0.15) is 0 Å². The third kappa shape index (κ3) is 4.95. The van der Waals surface area contributed by atoms with Crippen LogP contribution in [0.4, 0.5) is 5.69 Å². The van der Waals surface area contributed by atoms with E-state index in [1.807, 2.05) is 31.3 Å². The number of rotatable bonds is 7. The maximum atomic E-state index is 12.7. The van der Waals surface area contributed by atoms with E-state index >= 15 is 0 Å². The van der Waals surface area contributed by atoms with Crippen LogP contribution in [0.15, 0.2) is 48.5 Å². The number of anilines is 1. The van der Waals surface area contributed by atoms with Crippen LogP contribution < -0.4 is 19.3 Å². The van der Waals surface area contributed by atoms with Crippen molar-refractivity contribution in [2.45, 2.75) is 6.54 Å². The van der Waals surface area contributed by atoms with E-state index in [0.717, 1.165) is 31.7 Å². The van der Waals surface area contributed by atoms with E-state index in [-0.39, 0.29) is 5.91 Å². The molecule has 2 aromatic rings. The highest BCUT2D eigenvalue weighted by Gasteiger charge is 2.24. The Morgan fingerprint density at radius 2 is 1.71 bits per heavy atom. The molecule has 6 nitrogen and oxygen atoms in total. The Balaban J connectivity index is 1.50. The number of nitrogens with one attached hydrogen (secondary N) is 1. The van der Waals surface area contributed by atoms with Crippen LogP contribution in [0.3, 0.4) is 0 Å². The number of methoxy groups -OCH3 is 2. The minimum Gasteiger partial charge on any atom is -0.493 e. The highest BCUT2D eigenvalue weighted by atomic mass is 16.5. The fraction of sp³-hybridized carbons (Fsp3) is 0.409. The molecule has 0 radical (unpaired) electrons. The van der Waals surface area contributed by atoms with Crippen molar-refractivity contribution in [2.24, 2.45) is 0 Å². The second-order valence-corrected chi connectivity index (χ2v) is 7.19. The van der Waals surface area contributed by atoms with Crippen molar-refractivity contribution in [1.82, 2.24) is 4.90 Å². The molecule has 1 heterocycles. The Bertz CT molecular complexity index is 774. The van der Waals surface area contributed by atoms with Crippen LogP contribution in [0.25, 0.3) is 0 Å². The maximum absolute atomic E-state index is 12.7. The van der Waals surface area contributed by atoms with Crippen molar-refractivity contribution >= 4 is 11.6 Å². The van der Waals surface area contributed by atoms with Crippen molar-refractivity contribution in [3.8, 4) is 11.5 Å². The van der Waals surface area contributed by atoms with E-state index < -0.39 is 0 Å². The molecule has 1 aliphatic heterocycles. The largest absolute Gasteiger partial charge is 0.493 e. The number of likely N-dealkylation sites (N-methyl/N-ethyl adjacent to an activating group) is 1. The Hall–Kier alpha value is -2.73. The highest BCUT2D eigenvalue weighted by Crippen LogP contribution is 2.27. The number of carbonyl (C=O) groups is 1. The summed E-state index contributed by atoms with van der Waals surface area (Å²) < 4.78 is 10.6. The Morgan fingerprint density at radius 3 is 2.36 bits per heavy atom. The first-order chi connectivity index (χ1) is 13.6. The molecule has 0 aromatic heterocycles. The van der Waals surface area contributed by atoms with Crippen molar-refractivity contribution in [2.75, 3.05) is 58.9 Å². The summed E-state index contributed by atoms with van der Waals surface area (Å²) in [6.45, 7) is 5.00. The van der Waals surface area contributed by atoms with E-state index in [1.54, 1.807) is 19.1 Å². The van der Waals surface area contributed by atoms with Crippen molar-refractivity contribution in [3.63, 3.8) is 0 Å². The molecule has 3 rings (SSSR count). The fourth-order valence-electron chi connectivity index (χ4n) is 3.59. The van der Waals surface area contributed by atoms with Crippen molar-refractivity contribution in [3.05, 3.63) is 54.1 Å². The number of amides is 1. The normalized spacial score (nSPS) is 14.6. The number of ether oxygens (including phenoxy) is 2. The van der Waals surface area contributed by atoms with Gasteiger partial charge in [-0.1, -0.05) is 24.3 Å². The molecule has 1 amide bonds. The van der Waals surface area contributed by atoms with Crippen LogP contribution in [0.1, 0.15) is 5.56 Å². The number of hydrogen-bond acceptors (Lipinski definition) is 4. The maximum Gasteiger partial charge on any atom is 0.277 e. The van der Waals surface area contributed by atoms with Crippen LogP contribution in [-0.4, -0.2) is 64.8 Å². The van der Waals surface area contributed by atoms with Gasteiger partial charge in [-0.05, 0) is 29.8 Å². The van der Waals surface area contributed by atoms with E-state index in [1.165, 1.54) is 10.6 Å². The molecule has 0 aliphatic carbocycles. The lowest BCUT2D eigenvalue weighted by atomic mass is 10.2. The van der Waals surface area contributed by atoms with Crippen LogP contribution in [0.2, 0.25) is 0 Å². The van der Waals surface area contributed by atoms with E-state index in [0.29, 0.717) is 24.6 Å². The SMILES string of the molecule is COc1ccc(CN(C)C(=O)C[NH+]2CCN(c3ccccc3)CC2)cc1OC. The number of benzene rings is 2. The predicted molar refractivity (Wildman–Crippen MR) is 110 cm³/mol. The first-order valence-electron chi connectivity index (χ1n) is 9.69. The zero-order valence-corrected chi connectivity index (χ0v) is 17.0. The van der Waals surface area contributed by atoms with Gasteiger partial charge in [-0.25, -0.2) is 0 Å². The molecule has 0 saturated carbocycles. The molecule has 1 N–H and O–H groups in total. The molecule has 150 valence electrons. The Labute approximate surface area is 167 Å². The molecule has 0 unspecified atom stereocenters. The van der Waals surface area contributed by atoms with Gasteiger partial charge in [-0.2, -0.15) is 0 Å². The lowest BCUT2D eigenvalue weighted by molar-refractivity contribution is -0.892. The summed E-state index contributed by atoms with van der Waals surface area (Å²) in [5, 5.41) is 0. The highest BCUT2D eigenvalue weighted by molar-refractivity contribution is 5.76. The van der Waals surface area contributed by atoms with Gasteiger partial charge < -0.3 is 24.2 Å². The lowest BCUT2D eigenvalue weighted by Gasteiger charge is -2.34. The van der Waals surface area contributed by atoms with Crippen LogP contribution in [0.5, 0.6) is 11.5 Å². The van der Waals surface area contributed by atoms with Crippen LogP contribution in [0, 0.1) is 0 Å². The van der Waals surface area contributed by atoms with Gasteiger partial charge in [-0.3, -0.25) is 4.79 Å². The van der Waals surface area contributed by atoms with Gasteiger partial charge in [0.25, 0.3) is 5.91 Å². The first-order valence-corrected chi connectivity index (χ1v) is 9.69. The molecule has 0 atom stereocenters. The van der Waals surface area contributed by atoms with Gasteiger partial charge >= 0.3 is 0 Å². The molecule has 28 heavy (non-hydrogen) atoms. The van der Waals surface area contributed by atoms with Crippen LogP contribution >= 0.6 is 0 Å². The molecule has 1 aliphatic rings. The monoisotopic (exact) mass is 384 g/mol. The Kier molecular flexibility index (Phi) is 6.76. The minimum absolute atomic E-state index is 0.165. The number of piperazine rings is 1. The van der Waals surface area contributed by atoms with Crippen molar-refractivity contribution < 1.29 is 19.2 Å². The molecule has 2 aromatic carbocycles. The zero-order chi connectivity index (χ0) is 19.9. The minimum atomic E-state index is 0.165. The molecule has 0 bridgehead atoms. The third-order valence-electron chi connectivity index (χ3n) is 5.29. The van der Waals surface area contributed by atoms with E-state index in [2.05, 4.69) is 29.2 Å². The zero-order valence-electron chi connectivity index (χ0n) is 17.0. The van der Waals surface area contributed by atoms with Gasteiger partial charge in [-0.15, -0.1) is 0 Å². The van der Waals surface area contributed by atoms with Gasteiger partial charge in [0.2, 0.25) is 0 Å².